The summed E-state index contributed by atoms with van der Waals surface area (Å²) in [6, 6.07) is 11.4. The lowest BCUT2D eigenvalue weighted by molar-refractivity contribution is 0.450. The highest BCUT2D eigenvalue weighted by molar-refractivity contribution is 7.91. The van der Waals surface area contributed by atoms with E-state index in [1.165, 1.54) is 12.3 Å². The van der Waals surface area contributed by atoms with Gasteiger partial charge in [0.2, 0.25) is 14.9 Å². The molecule has 90 valence electrons. The fourth-order valence-electron chi connectivity index (χ4n) is 1.83. The molecular formula is C13H9NO3S. The summed E-state index contributed by atoms with van der Waals surface area (Å²) in [5.41, 5.74) is 0.644. The van der Waals surface area contributed by atoms with E-state index in [1.807, 2.05) is 0 Å². The first-order valence-electron chi connectivity index (χ1n) is 5.32. The third-order valence-electron chi connectivity index (χ3n) is 2.66. The van der Waals surface area contributed by atoms with Gasteiger partial charge in [-0.15, -0.1) is 0 Å². The summed E-state index contributed by atoms with van der Waals surface area (Å²) in [6.07, 6.45) is 2.97. The number of sulfone groups is 1. The van der Waals surface area contributed by atoms with Crippen LogP contribution in [-0.4, -0.2) is 13.4 Å². The standard InChI is InChI=1S/C13H9NO3S/c15-18(16,13-7-3-9-17-13)12-6-1-5-11-10(12)4-2-8-14-11/h1-9H. The molecular weight excluding hydrogens is 250 g/mol. The summed E-state index contributed by atoms with van der Waals surface area (Å²) in [5.74, 6) is 0. The molecule has 0 saturated carbocycles. The Morgan fingerprint density at radius 2 is 1.89 bits per heavy atom. The predicted octanol–water partition coefficient (Wildman–Crippen LogP) is 2.66. The van der Waals surface area contributed by atoms with Crippen LogP contribution >= 0.6 is 0 Å². The van der Waals surface area contributed by atoms with E-state index in [2.05, 4.69) is 4.98 Å². The van der Waals surface area contributed by atoms with E-state index < -0.39 is 9.84 Å². The largest absolute Gasteiger partial charge is 0.453 e. The van der Waals surface area contributed by atoms with Gasteiger partial charge in [-0.1, -0.05) is 6.07 Å². The normalized spacial score (nSPS) is 11.8. The van der Waals surface area contributed by atoms with E-state index in [-0.39, 0.29) is 9.99 Å². The quantitative estimate of drug-likeness (QED) is 0.710. The fraction of sp³-hybridized carbons (Fsp3) is 0. The van der Waals surface area contributed by atoms with Crippen LogP contribution in [-0.2, 0) is 9.84 Å². The van der Waals surface area contributed by atoms with Crippen LogP contribution in [0, 0.1) is 0 Å². The smallest absolute Gasteiger partial charge is 0.240 e. The van der Waals surface area contributed by atoms with Gasteiger partial charge in [0, 0.05) is 11.6 Å². The molecule has 0 radical (unpaired) electrons. The Kier molecular flexibility index (Phi) is 2.41. The molecule has 0 spiro atoms. The number of aromatic nitrogens is 1. The molecule has 0 amide bonds. The van der Waals surface area contributed by atoms with Gasteiger partial charge < -0.3 is 4.42 Å². The van der Waals surface area contributed by atoms with Crippen LogP contribution in [0.25, 0.3) is 10.9 Å². The summed E-state index contributed by atoms with van der Waals surface area (Å²) >= 11 is 0. The van der Waals surface area contributed by atoms with E-state index in [0.717, 1.165) is 0 Å². The first-order chi connectivity index (χ1) is 8.69. The number of furan rings is 1. The second-order valence-corrected chi connectivity index (χ2v) is 5.61. The maximum atomic E-state index is 12.4. The van der Waals surface area contributed by atoms with Crippen molar-refractivity contribution in [3.8, 4) is 0 Å². The molecule has 0 saturated heterocycles. The lowest BCUT2D eigenvalue weighted by Crippen LogP contribution is -2.01. The molecule has 0 fully saturated rings. The Morgan fingerprint density at radius 1 is 1.00 bits per heavy atom. The molecule has 0 N–H and O–H groups in total. The van der Waals surface area contributed by atoms with E-state index in [4.69, 9.17) is 4.42 Å². The molecule has 18 heavy (non-hydrogen) atoms. The molecule has 3 aromatic rings. The molecule has 4 nitrogen and oxygen atoms in total. The minimum Gasteiger partial charge on any atom is -0.453 e. The highest BCUT2D eigenvalue weighted by Crippen LogP contribution is 2.27. The second-order valence-electron chi connectivity index (χ2n) is 3.76. The molecule has 5 heteroatoms. The lowest BCUT2D eigenvalue weighted by atomic mass is 10.2. The Labute approximate surface area is 104 Å². The summed E-state index contributed by atoms with van der Waals surface area (Å²) in [5, 5.41) is 0.537. The van der Waals surface area contributed by atoms with Gasteiger partial charge in [0.05, 0.1) is 16.7 Å². The molecule has 0 unspecified atom stereocenters. The average Bonchev–Trinajstić information content (AvgIpc) is 2.92. The van der Waals surface area contributed by atoms with E-state index in [1.54, 1.807) is 42.6 Å². The first kappa shape index (κ1) is 11.0. The number of hydrogen-bond acceptors (Lipinski definition) is 4. The van der Waals surface area contributed by atoms with E-state index in [9.17, 15) is 8.42 Å². The maximum Gasteiger partial charge on any atom is 0.240 e. The van der Waals surface area contributed by atoms with Crippen LogP contribution < -0.4 is 0 Å². The van der Waals surface area contributed by atoms with Gasteiger partial charge in [-0.2, -0.15) is 0 Å². The van der Waals surface area contributed by atoms with Gasteiger partial charge in [0.25, 0.3) is 0 Å². The summed E-state index contributed by atoms with van der Waals surface area (Å²) < 4.78 is 29.8. The van der Waals surface area contributed by atoms with Crippen LogP contribution in [0.15, 0.2) is 69.3 Å². The molecule has 2 aromatic heterocycles. The number of nitrogens with zero attached hydrogens (tertiary/aromatic N) is 1. The minimum atomic E-state index is -3.63. The van der Waals surface area contributed by atoms with Gasteiger partial charge in [-0.3, -0.25) is 4.98 Å². The number of rotatable bonds is 2. The van der Waals surface area contributed by atoms with Crippen molar-refractivity contribution in [3.05, 3.63) is 54.9 Å². The van der Waals surface area contributed by atoms with Gasteiger partial charge in [0.15, 0.2) is 0 Å². The predicted molar refractivity (Wildman–Crippen MR) is 65.9 cm³/mol. The Balaban J connectivity index is 2.34. The maximum absolute atomic E-state index is 12.4. The molecule has 0 aliphatic rings. The van der Waals surface area contributed by atoms with Crippen molar-refractivity contribution in [3.63, 3.8) is 0 Å². The van der Waals surface area contributed by atoms with Crippen molar-refractivity contribution in [1.29, 1.82) is 0 Å². The third-order valence-corrected chi connectivity index (χ3v) is 4.35. The summed E-state index contributed by atoms with van der Waals surface area (Å²) in [6.45, 7) is 0. The molecule has 0 aliphatic carbocycles. The van der Waals surface area contributed by atoms with Crippen LogP contribution in [0.3, 0.4) is 0 Å². The van der Waals surface area contributed by atoms with Crippen LogP contribution in [0.4, 0.5) is 0 Å². The summed E-state index contributed by atoms with van der Waals surface area (Å²) in [7, 11) is -3.63. The average molecular weight is 259 g/mol. The number of benzene rings is 1. The Hall–Kier alpha value is -2.14. The van der Waals surface area contributed by atoms with Gasteiger partial charge in [0.1, 0.15) is 0 Å². The zero-order valence-corrected chi connectivity index (χ0v) is 10.1. The minimum absolute atomic E-state index is 0.0566. The highest BCUT2D eigenvalue weighted by Gasteiger charge is 2.22. The monoisotopic (exact) mass is 259 g/mol. The van der Waals surface area contributed by atoms with E-state index >= 15 is 0 Å². The second kappa shape index (κ2) is 3.96. The molecule has 1 aromatic carbocycles. The van der Waals surface area contributed by atoms with E-state index in [0.29, 0.717) is 10.9 Å². The Bertz CT molecular complexity index is 787. The van der Waals surface area contributed by atoms with Crippen LogP contribution in [0.5, 0.6) is 0 Å². The number of hydrogen-bond donors (Lipinski definition) is 0. The summed E-state index contributed by atoms with van der Waals surface area (Å²) in [4.78, 5) is 4.35. The lowest BCUT2D eigenvalue weighted by Gasteiger charge is -2.05. The van der Waals surface area contributed by atoms with Gasteiger partial charge >= 0.3 is 0 Å². The Morgan fingerprint density at radius 3 is 2.67 bits per heavy atom. The number of fused-ring (bicyclic) bond motifs is 1. The van der Waals surface area contributed by atoms with Gasteiger partial charge in [-0.05, 0) is 36.4 Å². The zero-order chi connectivity index (χ0) is 12.6. The van der Waals surface area contributed by atoms with Gasteiger partial charge in [-0.25, -0.2) is 8.42 Å². The van der Waals surface area contributed by atoms with Crippen LogP contribution in [0.1, 0.15) is 0 Å². The van der Waals surface area contributed by atoms with Crippen molar-refractivity contribution in [2.45, 2.75) is 9.99 Å². The highest BCUT2D eigenvalue weighted by atomic mass is 32.2. The zero-order valence-electron chi connectivity index (χ0n) is 9.28. The topological polar surface area (TPSA) is 60.2 Å². The fourth-order valence-corrected chi connectivity index (χ4v) is 3.21. The molecule has 0 aliphatic heterocycles. The molecule has 2 heterocycles. The third kappa shape index (κ3) is 1.60. The molecule has 3 rings (SSSR count). The first-order valence-corrected chi connectivity index (χ1v) is 6.80. The number of pyridine rings is 1. The van der Waals surface area contributed by atoms with Crippen LogP contribution in [0.2, 0.25) is 0 Å². The van der Waals surface area contributed by atoms with Crippen molar-refractivity contribution in [2.75, 3.05) is 0 Å². The SMILES string of the molecule is O=S(=O)(c1ccco1)c1cccc2ncccc12. The molecule has 0 atom stereocenters. The van der Waals surface area contributed by atoms with Crippen molar-refractivity contribution in [2.24, 2.45) is 0 Å². The van der Waals surface area contributed by atoms with Crippen molar-refractivity contribution >= 4 is 20.7 Å². The van der Waals surface area contributed by atoms with Crippen molar-refractivity contribution < 1.29 is 12.8 Å². The van der Waals surface area contributed by atoms with Crippen molar-refractivity contribution in [1.82, 2.24) is 4.98 Å². The molecule has 0 bridgehead atoms.